The number of benzene rings is 2. The lowest BCUT2D eigenvalue weighted by molar-refractivity contribution is -0.123. The maximum atomic E-state index is 13.7. The lowest BCUT2D eigenvalue weighted by atomic mass is 9.89. The Kier molecular flexibility index (Phi) is 4.46. The van der Waals surface area contributed by atoms with Crippen molar-refractivity contribution in [1.82, 2.24) is 0 Å². The zero-order valence-corrected chi connectivity index (χ0v) is 15.0. The van der Waals surface area contributed by atoms with Crippen LogP contribution < -0.4 is 20.1 Å². The molecule has 8 heteroatoms. The summed E-state index contributed by atoms with van der Waals surface area (Å²) >= 11 is 0. The highest BCUT2D eigenvalue weighted by atomic mass is 19.1. The maximum Gasteiger partial charge on any atom is 0.232 e. The topological polar surface area (TPSA) is 93.7 Å². The van der Waals surface area contributed by atoms with Crippen molar-refractivity contribution in [2.75, 3.05) is 23.8 Å². The third kappa shape index (κ3) is 3.28. The molecular weight excluding hydrogens is 367 g/mol. The zero-order chi connectivity index (χ0) is 19.8. The third-order valence-corrected chi connectivity index (χ3v) is 4.69. The first-order chi connectivity index (χ1) is 13.4. The largest absolute Gasteiger partial charge is 0.486 e. The molecule has 4 rings (SSSR count). The Hall–Kier alpha value is -3.42. The molecule has 2 N–H and O–H groups in total. The minimum absolute atomic E-state index is 0.123. The van der Waals surface area contributed by atoms with Crippen molar-refractivity contribution in [3.05, 3.63) is 47.3 Å². The number of nitrogens with one attached hydrogen (secondary N) is 2. The van der Waals surface area contributed by atoms with Gasteiger partial charge in [0.15, 0.2) is 17.3 Å². The Balaban J connectivity index is 1.68. The molecule has 0 radical (unpaired) electrons. The molecule has 1 atom stereocenters. The summed E-state index contributed by atoms with van der Waals surface area (Å²) in [5.74, 6) is -1.66. The first-order valence-electron chi connectivity index (χ1n) is 8.77. The van der Waals surface area contributed by atoms with Gasteiger partial charge >= 0.3 is 0 Å². The Morgan fingerprint density at radius 1 is 1.14 bits per heavy atom. The van der Waals surface area contributed by atoms with E-state index < -0.39 is 17.6 Å². The first kappa shape index (κ1) is 18.0. The van der Waals surface area contributed by atoms with Gasteiger partial charge in [0.05, 0.1) is 11.6 Å². The van der Waals surface area contributed by atoms with Crippen LogP contribution in [0, 0.1) is 5.82 Å². The molecule has 2 heterocycles. The number of anilines is 2. The van der Waals surface area contributed by atoms with E-state index in [1.807, 2.05) is 0 Å². The summed E-state index contributed by atoms with van der Waals surface area (Å²) in [4.78, 5) is 36.9. The Morgan fingerprint density at radius 3 is 2.57 bits per heavy atom. The Labute approximate surface area is 159 Å². The fourth-order valence-corrected chi connectivity index (χ4v) is 3.37. The van der Waals surface area contributed by atoms with Crippen LogP contribution in [-0.2, 0) is 9.59 Å². The summed E-state index contributed by atoms with van der Waals surface area (Å²) in [6.07, 6.45) is -0.123. The van der Waals surface area contributed by atoms with E-state index >= 15 is 0 Å². The van der Waals surface area contributed by atoms with Gasteiger partial charge in [0.25, 0.3) is 0 Å². The zero-order valence-electron chi connectivity index (χ0n) is 15.0. The lowest BCUT2D eigenvalue weighted by Crippen LogP contribution is -2.31. The van der Waals surface area contributed by atoms with Gasteiger partial charge in [0, 0.05) is 23.7 Å². The molecule has 28 heavy (non-hydrogen) atoms. The van der Waals surface area contributed by atoms with Gasteiger partial charge in [-0.2, -0.15) is 0 Å². The normalized spacial score (nSPS) is 17.4. The standard InChI is InChI=1S/C20H17FN2O5/c1-10(24)12-7-17-18(28-5-4-27-17)9-16(12)23-20(26)14-8-19(25)22-15-3-2-11(21)6-13(14)15/h2-3,6-7,9,14H,4-5,8H2,1H3,(H,22,25)(H,23,26). The Bertz CT molecular complexity index is 1000. The van der Waals surface area contributed by atoms with Crippen molar-refractivity contribution < 1.29 is 28.2 Å². The average Bonchev–Trinajstić information content (AvgIpc) is 2.67. The van der Waals surface area contributed by atoms with Crippen molar-refractivity contribution in [2.45, 2.75) is 19.3 Å². The Morgan fingerprint density at radius 2 is 1.86 bits per heavy atom. The number of hydrogen-bond donors (Lipinski definition) is 2. The highest BCUT2D eigenvalue weighted by Crippen LogP contribution is 2.38. The van der Waals surface area contributed by atoms with Crippen LogP contribution >= 0.6 is 0 Å². The maximum absolute atomic E-state index is 13.7. The summed E-state index contributed by atoms with van der Waals surface area (Å²) < 4.78 is 24.7. The molecule has 7 nitrogen and oxygen atoms in total. The highest BCUT2D eigenvalue weighted by Gasteiger charge is 2.32. The fourth-order valence-electron chi connectivity index (χ4n) is 3.37. The minimum Gasteiger partial charge on any atom is -0.486 e. The lowest BCUT2D eigenvalue weighted by Gasteiger charge is -2.26. The van der Waals surface area contributed by atoms with Gasteiger partial charge in [-0.15, -0.1) is 0 Å². The van der Waals surface area contributed by atoms with Crippen LogP contribution in [0.15, 0.2) is 30.3 Å². The second-order valence-corrected chi connectivity index (χ2v) is 6.62. The van der Waals surface area contributed by atoms with Crippen molar-refractivity contribution in [2.24, 2.45) is 0 Å². The molecular formula is C20H17FN2O5. The first-order valence-corrected chi connectivity index (χ1v) is 8.77. The van der Waals surface area contributed by atoms with Crippen LogP contribution in [-0.4, -0.2) is 30.8 Å². The summed E-state index contributed by atoms with van der Waals surface area (Å²) in [6.45, 7) is 2.10. The van der Waals surface area contributed by atoms with Gasteiger partial charge in [0.2, 0.25) is 11.8 Å². The number of Topliss-reactive ketones (excluding diaryl/α,β-unsaturated/α-hetero) is 1. The average molecular weight is 384 g/mol. The predicted molar refractivity (Wildman–Crippen MR) is 98.5 cm³/mol. The van der Waals surface area contributed by atoms with Gasteiger partial charge in [-0.3, -0.25) is 14.4 Å². The molecule has 0 aliphatic carbocycles. The molecule has 2 aliphatic heterocycles. The van der Waals surface area contributed by atoms with Crippen molar-refractivity contribution in [3.8, 4) is 11.5 Å². The quantitative estimate of drug-likeness (QED) is 0.794. The number of halogens is 1. The van der Waals surface area contributed by atoms with Crippen molar-refractivity contribution >= 4 is 29.0 Å². The third-order valence-electron chi connectivity index (χ3n) is 4.69. The fraction of sp³-hybridized carbons (Fsp3) is 0.250. The molecule has 0 spiro atoms. The van der Waals surface area contributed by atoms with E-state index in [1.165, 1.54) is 37.3 Å². The monoisotopic (exact) mass is 384 g/mol. The van der Waals surface area contributed by atoms with Crippen LogP contribution in [0.4, 0.5) is 15.8 Å². The SMILES string of the molecule is CC(=O)c1cc2c(cc1NC(=O)C1CC(=O)Nc3ccc(F)cc31)OCCO2. The molecule has 144 valence electrons. The van der Waals surface area contributed by atoms with E-state index in [0.29, 0.717) is 36.0 Å². The number of fused-ring (bicyclic) bond motifs is 2. The van der Waals surface area contributed by atoms with E-state index in [4.69, 9.17) is 9.47 Å². The number of ketones is 1. The van der Waals surface area contributed by atoms with Gasteiger partial charge in [0.1, 0.15) is 19.0 Å². The van der Waals surface area contributed by atoms with Crippen LogP contribution in [0.25, 0.3) is 0 Å². The number of rotatable bonds is 3. The van der Waals surface area contributed by atoms with E-state index in [1.54, 1.807) is 0 Å². The van der Waals surface area contributed by atoms with E-state index in [9.17, 15) is 18.8 Å². The smallest absolute Gasteiger partial charge is 0.232 e. The van der Waals surface area contributed by atoms with E-state index in [2.05, 4.69) is 10.6 Å². The summed E-state index contributed by atoms with van der Waals surface area (Å²) in [7, 11) is 0. The molecule has 0 saturated heterocycles. The number of hydrogen-bond acceptors (Lipinski definition) is 5. The molecule has 2 aliphatic rings. The van der Waals surface area contributed by atoms with Crippen LogP contribution in [0.1, 0.15) is 35.2 Å². The van der Waals surface area contributed by atoms with Crippen molar-refractivity contribution in [3.63, 3.8) is 0 Å². The highest BCUT2D eigenvalue weighted by molar-refractivity contribution is 6.08. The molecule has 0 aromatic heterocycles. The molecule has 0 bridgehead atoms. The van der Waals surface area contributed by atoms with Gasteiger partial charge in [-0.1, -0.05) is 0 Å². The number of carbonyl (C=O) groups excluding carboxylic acids is 3. The van der Waals surface area contributed by atoms with Gasteiger partial charge < -0.3 is 20.1 Å². The van der Waals surface area contributed by atoms with Crippen molar-refractivity contribution in [1.29, 1.82) is 0 Å². The van der Waals surface area contributed by atoms with Crippen LogP contribution in [0.5, 0.6) is 11.5 Å². The summed E-state index contributed by atoms with van der Waals surface area (Å²) in [6, 6.07) is 6.92. The molecule has 0 fully saturated rings. The molecule has 2 aromatic rings. The molecule has 0 saturated carbocycles. The number of amides is 2. The molecule has 1 unspecified atom stereocenters. The van der Waals surface area contributed by atoms with Crippen LogP contribution in [0.3, 0.4) is 0 Å². The van der Waals surface area contributed by atoms with Gasteiger partial charge in [-0.25, -0.2) is 4.39 Å². The summed E-state index contributed by atoms with van der Waals surface area (Å²) in [5, 5.41) is 5.32. The molecule has 2 amide bonds. The predicted octanol–water partition coefficient (Wildman–Crippen LogP) is 2.86. The number of ether oxygens (including phenoxy) is 2. The second-order valence-electron chi connectivity index (χ2n) is 6.62. The van der Waals surface area contributed by atoms with E-state index in [0.717, 1.165) is 0 Å². The van der Waals surface area contributed by atoms with E-state index in [-0.39, 0.29) is 29.4 Å². The van der Waals surface area contributed by atoms with Gasteiger partial charge in [-0.05, 0) is 36.8 Å². The number of carbonyl (C=O) groups is 3. The second kappa shape index (κ2) is 6.95. The van der Waals surface area contributed by atoms with Crippen LogP contribution in [0.2, 0.25) is 0 Å². The summed E-state index contributed by atoms with van der Waals surface area (Å²) in [5.41, 5.74) is 1.30. The molecule has 2 aromatic carbocycles. The minimum atomic E-state index is -0.882.